The highest BCUT2D eigenvalue weighted by atomic mass is 32.2. The Morgan fingerprint density at radius 3 is 1.12 bits per heavy atom. The molecule has 0 bridgehead atoms. The average Bonchev–Trinajstić information content (AvgIpc) is 2.64. The summed E-state index contributed by atoms with van der Waals surface area (Å²) in [6, 6.07) is 16.1. The molecular formula is C18H14O6S2. The molecule has 3 rings (SSSR count). The van der Waals surface area contributed by atoms with E-state index in [2.05, 4.69) is 0 Å². The highest BCUT2D eigenvalue weighted by molar-refractivity contribution is 7.94. The van der Waals surface area contributed by atoms with Crippen LogP contribution in [0.5, 0.6) is 11.5 Å². The van der Waals surface area contributed by atoms with Crippen molar-refractivity contribution in [2.75, 3.05) is 0 Å². The fourth-order valence-electron chi connectivity index (χ4n) is 2.50. The van der Waals surface area contributed by atoms with Gasteiger partial charge in [-0.3, -0.25) is 0 Å². The van der Waals surface area contributed by atoms with Crippen LogP contribution in [0.25, 0.3) is 0 Å². The Morgan fingerprint density at radius 2 is 0.808 bits per heavy atom. The van der Waals surface area contributed by atoms with Gasteiger partial charge in [-0.25, -0.2) is 16.8 Å². The van der Waals surface area contributed by atoms with Crippen LogP contribution in [0.15, 0.2) is 92.4 Å². The van der Waals surface area contributed by atoms with Gasteiger partial charge in [-0.15, -0.1) is 0 Å². The standard InChI is InChI=1S/C18H14O6S2/c19-15-11-12-16(20)18(26(23,24)14-9-5-2-6-10-14)17(15)25(21,22)13-7-3-1-4-8-13/h1-12,19-20H. The van der Waals surface area contributed by atoms with E-state index in [1.807, 2.05) is 0 Å². The predicted molar refractivity (Wildman–Crippen MR) is 93.6 cm³/mol. The maximum Gasteiger partial charge on any atom is 0.211 e. The number of phenolic OH excluding ortho intramolecular Hbond substituents is 2. The van der Waals surface area contributed by atoms with E-state index in [0.29, 0.717) is 0 Å². The summed E-state index contributed by atoms with van der Waals surface area (Å²) in [4.78, 5) is -2.11. The summed E-state index contributed by atoms with van der Waals surface area (Å²) in [5, 5.41) is 20.3. The van der Waals surface area contributed by atoms with E-state index < -0.39 is 41.0 Å². The number of hydrogen-bond acceptors (Lipinski definition) is 6. The van der Waals surface area contributed by atoms with Crippen LogP contribution >= 0.6 is 0 Å². The zero-order chi connectivity index (χ0) is 18.9. The summed E-state index contributed by atoms with van der Waals surface area (Å²) in [7, 11) is -8.81. The number of phenols is 2. The van der Waals surface area contributed by atoms with Gasteiger partial charge < -0.3 is 10.2 Å². The highest BCUT2D eigenvalue weighted by Crippen LogP contribution is 2.41. The second-order valence-electron chi connectivity index (χ2n) is 5.40. The van der Waals surface area contributed by atoms with Crippen molar-refractivity contribution < 1.29 is 27.0 Å². The van der Waals surface area contributed by atoms with Crippen LogP contribution in [0.4, 0.5) is 0 Å². The van der Waals surface area contributed by atoms with Gasteiger partial charge in [0.2, 0.25) is 19.7 Å². The Morgan fingerprint density at radius 1 is 0.500 bits per heavy atom. The molecule has 2 N–H and O–H groups in total. The average molecular weight is 390 g/mol. The lowest BCUT2D eigenvalue weighted by Gasteiger charge is -2.14. The van der Waals surface area contributed by atoms with Gasteiger partial charge in [0.05, 0.1) is 9.79 Å². The van der Waals surface area contributed by atoms with E-state index in [-0.39, 0.29) is 9.79 Å². The fourth-order valence-corrected chi connectivity index (χ4v) is 6.04. The number of benzene rings is 3. The topological polar surface area (TPSA) is 109 Å². The third-order valence-electron chi connectivity index (χ3n) is 3.72. The third kappa shape index (κ3) is 2.93. The first kappa shape index (κ1) is 18.0. The molecule has 0 saturated carbocycles. The summed E-state index contributed by atoms with van der Waals surface area (Å²) >= 11 is 0. The van der Waals surface area contributed by atoms with Crippen LogP contribution in [0, 0.1) is 0 Å². The maximum atomic E-state index is 13.0. The molecule has 0 aliphatic rings. The summed E-state index contributed by atoms with van der Waals surface area (Å²) < 4.78 is 51.9. The van der Waals surface area contributed by atoms with Gasteiger partial charge in [0.1, 0.15) is 21.3 Å². The lowest BCUT2D eigenvalue weighted by Crippen LogP contribution is -2.11. The van der Waals surface area contributed by atoms with Crippen LogP contribution in [0.1, 0.15) is 0 Å². The van der Waals surface area contributed by atoms with E-state index in [9.17, 15) is 27.0 Å². The number of rotatable bonds is 4. The smallest absolute Gasteiger partial charge is 0.211 e. The van der Waals surface area contributed by atoms with Crippen molar-refractivity contribution in [2.24, 2.45) is 0 Å². The molecule has 0 fully saturated rings. The first-order chi connectivity index (χ1) is 12.3. The monoisotopic (exact) mass is 390 g/mol. The van der Waals surface area contributed by atoms with E-state index >= 15 is 0 Å². The van der Waals surface area contributed by atoms with Crippen LogP contribution in [0.3, 0.4) is 0 Å². The van der Waals surface area contributed by atoms with Crippen molar-refractivity contribution in [3.05, 3.63) is 72.8 Å². The summed E-state index contributed by atoms with van der Waals surface area (Å²) in [6.07, 6.45) is 0. The molecule has 0 radical (unpaired) electrons. The van der Waals surface area contributed by atoms with Gasteiger partial charge in [0.15, 0.2) is 0 Å². The molecule has 0 unspecified atom stereocenters. The molecule has 0 saturated heterocycles. The van der Waals surface area contributed by atoms with Gasteiger partial charge in [-0.2, -0.15) is 0 Å². The lowest BCUT2D eigenvalue weighted by molar-refractivity contribution is 0.428. The van der Waals surface area contributed by atoms with Gasteiger partial charge in [-0.05, 0) is 36.4 Å². The normalized spacial score (nSPS) is 12.0. The van der Waals surface area contributed by atoms with Crippen LogP contribution < -0.4 is 0 Å². The lowest BCUT2D eigenvalue weighted by atomic mass is 10.3. The molecule has 0 atom stereocenters. The predicted octanol–water partition coefficient (Wildman–Crippen LogP) is 2.76. The Labute approximate surface area is 150 Å². The molecule has 0 spiro atoms. The van der Waals surface area contributed by atoms with Gasteiger partial charge in [0.25, 0.3) is 0 Å². The molecule has 26 heavy (non-hydrogen) atoms. The Balaban J connectivity index is 2.38. The first-order valence-corrected chi connectivity index (χ1v) is 10.4. The molecule has 0 aliphatic heterocycles. The van der Waals surface area contributed by atoms with Crippen molar-refractivity contribution in [3.63, 3.8) is 0 Å². The Bertz CT molecular complexity index is 1060. The van der Waals surface area contributed by atoms with Crippen molar-refractivity contribution in [1.29, 1.82) is 0 Å². The molecule has 0 aromatic heterocycles. The Kier molecular flexibility index (Phi) is 4.47. The molecule has 8 heteroatoms. The molecular weight excluding hydrogens is 376 g/mol. The SMILES string of the molecule is O=S(=O)(c1ccccc1)c1c(O)ccc(O)c1S(=O)(=O)c1ccccc1. The second-order valence-corrected chi connectivity index (χ2v) is 9.17. The van der Waals surface area contributed by atoms with Crippen LogP contribution in [0.2, 0.25) is 0 Å². The zero-order valence-corrected chi connectivity index (χ0v) is 14.9. The maximum absolute atomic E-state index is 13.0. The number of hydrogen-bond donors (Lipinski definition) is 2. The molecule has 0 amide bonds. The third-order valence-corrected chi connectivity index (χ3v) is 7.53. The van der Waals surface area contributed by atoms with Crippen LogP contribution in [-0.2, 0) is 19.7 Å². The van der Waals surface area contributed by atoms with Crippen molar-refractivity contribution in [2.45, 2.75) is 19.6 Å². The van der Waals surface area contributed by atoms with E-state index in [1.165, 1.54) is 48.5 Å². The largest absolute Gasteiger partial charge is 0.507 e. The van der Waals surface area contributed by atoms with Crippen molar-refractivity contribution in [3.8, 4) is 11.5 Å². The number of sulfone groups is 2. The second kappa shape index (κ2) is 6.47. The van der Waals surface area contributed by atoms with Crippen LogP contribution in [-0.4, -0.2) is 27.0 Å². The summed E-state index contributed by atoms with van der Waals surface area (Å²) in [5.41, 5.74) is 0. The van der Waals surface area contributed by atoms with Gasteiger partial charge >= 0.3 is 0 Å². The van der Waals surface area contributed by atoms with Gasteiger partial charge in [-0.1, -0.05) is 36.4 Å². The minimum atomic E-state index is -4.40. The number of aromatic hydroxyl groups is 2. The fraction of sp³-hybridized carbons (Fsp3) is 0. The Hall–Kier alpha value is -2.84. The van der Waals surface area contributed by atoms with Gasteiger partial charge in [0, 0.05) is 0 Å². The zero-order valence-electron chi connectivity index (χ0n) is 13.3. The minimum Gasteiger partial charge on any atom is -0.507 e. The first-order valence-electron chi connectivity index (χ1n) is 7.41. The van der Waals surface area contributed by atoms with E-state index in [4.69, 9.17) is 0 Å². The van der Waals surface area contributed by atoms with Crippen molar-refractivity contribution >= 4 is 19.7 Å². The van der Waals surface area contributed by atoms with Crippen molar-refractivity contribution in [1.82, 2.24) is 0 Å². The highest BCUT2D eigenvalue weighted by Gasteiger charge is 2.34. The quantitative estimate of drug-likeness (QED) is 0.663. The molecule has 3 aromatic carbocycles. The minimum absolute atomic E-state index is 0.203. The molecule has 0 aliphatic carbocycles. The van der Waals surface area contributed by atoms with E-state index in [0.717, 1.165) is 12.1 Å². The van der Waals surface area contributed by atoms with E-state index in [1.54, 1.807) is 12.1 Å². The summed E-state index contributed by atoms with van der Waals surface area (Å²) in [5.74, 6) is -1.53. The summed E-state index contributed by atoms with van der Waals surface area (Å²) in [6.45, 7) is 0. The molecule has 3 aromatic rings. The molecule has 6 nitrogen and oxygen atoms in total. The molecule has 134 valence electrons. The molecule has 0 heterocycles.